The lowest BCUT2D eigenvalue weighted by Gasteiger charge is -2.26. The van der Waals surface area contributed by atoms with Gasteiger partial charge in [-0.05, 0) is 31.5 Å². The average Bonchev–Trinajstić information content (AvgIpc) is 2.29. The van der Waals surface area contributed by atoms with Gasteiger partial charge in [-0.3, -0.25) is 9.59 Å². The zero-order chi connectivity index (χ0) is 15.4. The molecule has 0 aliphatic carbocycles. The average molecular weight is 283 g/mol. The van der Waals surface area contributed by atoms with E-state index in [0.717, 1.165) is 0 Å². The molecule has 2 amide bonds. The van der Waals surface area contributed by atoms with Gasteiger partial charge in [-0.15, -0.1) is 0 Å². The van der Waals surface area contributed by atoms with Crippen LogP contribution in [0.4, 0.5) is 10.1 Å². The molecular formula is C13H18FN3O3. The predicted octanol–water partition coefficient (Wildman–Crippen LogP) is -0.0356. The Morgan fingerprint density at radius 3 is 2.20 bits per heavy atom. The number of rotatable bonds is 6. The molecule has 1 rings (SSSR count). The van der Waals surface area contributed by atoms with Crippen LogP contribution < -0.4 is 16.4 Å². The van der Waals surface area contributed by atoms with Crippen LogP contribution in [0.3, 0.4) is 0 Å². The quantitative estimate of drug-likeness (QED) is 0.680. The number of nitrogens with two attached hydrogens (primary N) is 2. The third-order valence-electron chi connectivity index (χ3n) is 2.79. The number of hydrogen-bond donors (Lipinski definition) is 3. The van der Waals surface area contributed by atoms with E-state index in [-0.39, 0.29) is 18.7 Å². The van der Waals surface area contributed by atoms with Crippen molar-refractivity contribution in [3.05, 3.63) is 29.1 Å². The Bertz CT molecular complexity index is 516. The summed E-state index contributed by atoms with van der Waals surface area (Å²) in [6, 6.07) is 2.62. The highest BCUT2D eigenvalue weighted by Gasteiger charge is 2.19. The molecule has 0 bridgehead atoms. The number of aliphatic hydroxyl groups is 1. The molecule has 1 aromatic carbocycles. The zero-order valence-electron chi connectivity index (χ0n) is 11.4. The molecule has 0 saturated carbocycles. The van der Waals surface area contributed by atoms with Crippen LogP contribution in [0.25, 0.3) is 0 Å². The number of halogens is 1. The largest absolute Gasteiger partial charge is 0.389 e. The summed E-state index contributed by atoms with van der Waals surface area (Å²) in [6.07, 6.45) is -0.969. The first-order valence-corrected chi connectivity index (χ1v) is 6.02. The number of carbonyl (C=O) groups is 2. The molecule has 6 nitrogen and oxygen atoms in total. The fraction of sp³-hybridized carbons (Fsp3) is 0.385. The van der Waals surface area contributed by atoms with Crippen molar-refractivity contribution in [3.8, 4) is 0 Å². The van der Waals surface area contributed by atoms with E-state index < -0.39 is 23.7 Å². The first-order chi connectivity index (χ1) is 9.22. The van der Waals surface area contributed by atoms with Gasteiger partial charge >= 0.3 is 0 Å². The molecule has 1 unspecified atom stereocenters. The Labute approximate surface area is 116 Å². The minimum absolute atomic E-state index is 0.256. The number of aryl methyl sites for hydroxylation is 1. The van der Waals surface area contributed by atoms with Crippen molar-refractivity contribution in [3.63, 3.8) is 0 Å². The van der Waals surface area contributed by atoms with Crippen molar-refractivity contribution < 1.29 is 19.1 Å². The SMILES string of the molecule is Cc1cc(N(CC(N)=O)CC(N)=O)c(C(C)O)cc1F. The van der Waals surface area contributed by atoms with Gasteiger partial charge in [0, 0.05) is 11.3 Å². The van der Waals surface area contributed by atoms with Gasteiger partial charge in [-0.25, -0.2) is 4.39 Å². The Kier molecular flexibility index (Phi) is 5.04. The van der Waals surface area contributed by atoms with E-state index in [1.807, 2.05) is 0 Å². The second-order valence-corrected chi connectivity index (χ2v) is 4.62. The number of anilines is 1. The van der Waals surface area contributed by atoms with E-state index in [0.29, 0.717) is 11.3 Å². The second-order valence-electron chi connectivity index (χ2n) is 4.62. The van der Waals surface area contributed by atoms with Gasteiger partial charge in [-0.1, -0.05) is 0 Å². The van der Waals surface area contributed by atoms with E-state index >= 15 is 0 Å². The summed E-state index contributed by atoms with van der Waals surface area (Å²) in [7, 11) is 0. The van der Waals surface area contributed by atoms with Crippen molar-refractivity contribution in [1.82, 2.24) is 0 Å². The number of nitrogens with zero attached hydrogens (tertiary/aromatic N) is 1. The minimum Gasteiger partial charge on any atom is -0.389 e. The minimum atomic E-state index is -0.969. The highest BCUT2D eigenvalue weighted by Crippen LogP contribution is 2.29. The molecule has 0 heterocycles. The summed E-state index contributed by atoms with van der Waals surface area (Å²) in [5, 5.41) is 9.71. The summed E-state index contributed by atoms with van der Waals surface area (Å²) >= 11 is 0. The molecule has 7 heteroatoms. The van der Waals surface area contributed by atoms with E-state index in [9.17, 15) is 19.1 Å². The summed E-state index contributed by atoms with van der Waals surface area (Å²) in [6.45, 7) is 2.49. The molecule has 1 aromatic rings. The van der Waals surface area contributed by atoms with Gasteiger partial charge in [0.15, 0.2) is 0 Å². The fourth-order valence-electron chi connectivity index (χ4n) is 1.89. The molecule has 0 radical (unpaired) electrons. The Balaban J connectivity index is 3.32. The van der Waals surface area contributed by atoms with Crippen LogP contribution in [-0.2, 0) is 9.59 Å². The van der Waals surface area contributed by atoms with Crippen LogP contribution in [0.15, 0.2) is 12.1 Å². The number of benzene rings is 1. The van der Waals surface area contributed by atoms with Gasteiger partial charge < -0.3 is 21.5 Å². The molecule has 0 saturated heterocycles. The first-order valence-electron chi connectivity index (χ1n) is 6.02. The number of hydrogen-bond acceptors (Lipinski definition) is 4. The topological polar surface area (TPSA) is 110 Å². The Hall–Kier alpha value is -2.15. The van der Waals surface area contributed by atoms with Gasteiger partial charge in [-0.2, -0.15) is 0 Å². The molecule has 1 atom stereocenters. The van der Waals surface area contributed by atoms with Crippen LogP contribution in [0, 0.1) is 12.7 Å². The zero-order valence-corrected chi connectivity index (χ0v) is 11.4. The number of carbonyl (C=O) groups excluding carboxylic acids is 2. The van der Waals surface area contributed by atoms with Gasteiger partial charge in [0.05, 0.1) is 19.2 Å². The lowest BCUT2D eigenvalue weighted by atomic mass is 10.0. The van der Waals surface area contributed by atoms with Crippen LogP contribution >= 0.6 is 0 Å². The van der Waals surface area contributed by atoms with E-state index in [1.54, 1.807) is 0 Å². The molecular weight excluding hydrogens is 265 g/mol. The summed E-state index contributed by atoms with van der Waals surface area (Å²) in [4.78, 5) is 23.5. The van der Waals surface area contributed by atoms with Gasteiger partial charge in [0.1, 0.15) is 5.82 Å². The summed E-state index contributed by atoms with van der Waals surface area (Å²) in [5.41, 5.74) is 11.2. The van der Waals surface area contributed by atoms with Crippen molar-refractivity contribution in [1.29, 1.82) is 0 Å². The van der Waals surface area contributed by atoms with E-state index in [2.05, 4.69) is 0 Å². The highest BCUT2D eigenvalue weighted by atomic mass is 19.1. The lowest BCUT2D eigenvalue weighted by molar-refractivity contribution is -0.117. The number of primary amides is 2. The molecule has 0 fully saturated rings. The normalized spacial score (nSPS) is 12.0. The van der Waals surface area contributed by atoms with E-state index in [4.69, 9.17) is 11.5 Å². The van der Waals surface area contributed by atoms with Gasteiger partial charge in [0.25, 0.3) is 0 Å². The molecule has 0 aliphatic rings. The van der Waals surface area contributed by atoms with Crippen LogP contribution in [-0.4, -0.2) is 30.0 Å². The van der Waals surface area contributed by atoms with Crippen molar-refractivity contribution in [2.45, 2.75) is 20.0 Å². The van der Waals surface area contributed by atoms with E-state index in [1.165, 1.54) is 30.9 Å². The summed E-state index contributed by atoms with van der Waals surface area (Å²) in [5.74, 6) is -1.81. The monoisotopic (exact) mass is 283 g/mol. The number of amides is 2. The van der Waals surface area contributed by atoms with Crippen molar-refractivity contribution in [2.24, 2.45) is 11.5 Å². The second kappa shape index (κ2) is 6.33. The first kappa shape index (κ1) is 15.9. The maximum Gasteiger partial charge on any atom is 0.236 e. The maximum absolute atomic E-state index is 13.6. The fourth-order valence-corrected chi connectivity index (χ4v) is 1.89. The van der Waals surface area contributed by atoms with Crippen molar-refractivity contribution >= 4 is 17.5 Å². The lowest BCUT2D eigenvalue weighted by Crippen LogP contribution is -2.40. The Morgan fingerprint density at radius 2 is 1.80 bits per heavy atom. The number of aliphatic hydroxyl groups excluding tert-OH is 1. The molecule has 0 aromatic heterocycles. The van der Waals surface area contributed by atoms with Gasteiger partial charge in [0.2, 0.25) is 11.8 Å². The summed E-state index contributed by atoms with van der Waals surface area (Å²) < 4.78 is 13.6. The van der Waals surface area contributed by atoms with Crippen LogP contribution in [0.2, 0.25) is 0 Å². The third-order valence-corrected chi connectivity index (χ3v) is 2.79. The molecule has 110 valence electrons. The third kappa shape index (κ3) is 3.92. The molecule has 0 aliphatic heterocycles. The van der Waals surface area contributed by atoms with Crippen molar-refractivity contribution in [2.75, 3.05) is 18.0 Å². The highest BCUT2D eigenvalue weighted by molar-refractivity contribution is 5.85. The standard InChI is InChI=1S/C13H18FN3O3/c1-7-3-11(9(8(2)18)4-10(7)14)17(5-12(15)19)6-13(16)20/h3-4,8,18H,5-6H2,1-2H3,(H2,15,19)(H2,16,20). The van der Waals surface area contributed by atoms with Crippen LogP contribution in [0.1, 0.15) is 24.2 Å². The molecule has 5 N–H and O–H groups in total. The maximum atomic E-state index is 13.6. The smallest absolute Gasteiger partial charge is 0.236 e. The molecule has 0 spiro atoms. The Morgan fingerprint density at radius 1 is 1.30 bits per heavy atom. The predicted molar refractivity (Wildman–Crippen MR) is 72.4 cm³/mol. The molecule has 20 heavy (non-hydrogen) atoms. The van der Waals surface area contributed by atoms with Crippen LogP contribution in [0.5, 0.6) is 0 Å².